The van der Waals surface area contributed by atoms with Gasteiger partial charge in [0.15, 0.2) is 11.6 Å². The second kappa shape index (κ2) is 9.14. The molecule has 1 amide bonds. The summed E-state index contributed by atoms with van der Waals surface area (Å²) in [7, 11) is -3.88. The lowest BCUT2D eigenvalue weighted by Gasteiger charge is -2.25. The monoisotopic (exact) mass is 410 g/mol. The highest BCUT2D eigenvalue weighted by Crippen LogP contribution is 2.23. The van der Waals surface area contributed by atoms with Gasteiger partial charge in [0, 0.05) is 6.07 Å². The van der Waals surface area contributed by atoms with E-state index in [-0.39, 0.29) is 11.7 Å². The van der Waals surface area contributed by atoms with Gasteiger partial charge < -0.3 is 5.32 Å². The minimum Gasteiger partial charge on any atom is -0.348 e. The van der Waals surface area contributed by atoms with Crippen LogP contribution in [0.2, 0.25) is 0 Å². The van der Waals surface area contributed by atoms with Gasteiger partial charge in [-0.1, -0.05) is 44.2 Å². The zero-order valence-corrected chi connectivity index (χ0v) is 16.8. The van der Waals surface area contributed by atoms with Crippen LogP contribution in [0.3, 0.4) is 0 Å². The number of sulfonamides is 1. The first-order valence-corrected chi connectivity index (χ1v) is 10.7. The Hall–Kier alpha value is -2.48. The number of carbonyl (C=O) groups is 1. The van der Waals surface area contributed by atoms with Crippen LogP contribution in [0.1, 0.15) is 31.9 Å². The number of hydrogen-bond donors (Lipinski definition) is 1. The average molecular weight is 410 g/mol. The number of carbonyl (C=O) groups excluding carboxylic acids is 1. The van der Waals surface area contributed by atoms with Crippen LogP contribution < -0.4 is 9.62 Å². The van der Waals surface area contributed by atoms with Gasteiger partial charge in [-0.05, 0) is 30.0 Å². The van der Waals surface area contributed by atoms with E-state index < -0.39 is 34.1 Å². The standard InChI is InChI=1S/C20H24F2N2O3S/c1-14(2)11-19(15-7-5-4-6-8-15)23-20(25)13-24(28(3,26)27)16-9-10-17(21)18(22)12-16/h4-10,12,14,19H,11,13H2,1-3H3,(H,23,25)/t19-/m0/s1. The van der Waals surface area contributed by atoms with Gasteiger partial charge in [0.2, 0.25) is 15.9 Å². The molecule has 152 valence electrons. The molecule has 8 heteroatoms. The summed E-state index contributed by atoms with van der Waals surface area (Å²) in [4.78, 5) is 12.6. The quantitative estimate of drug-likeness (QED) is 0.723. The SMILES string of the molecule is CC(C)C[C@H](NC(=O)CN(c1ccc(F)c(F)c1)S(C)(=O)=O)c1ccccc1. The Morgan fingerprint density at radius 2 is 1.71 bits per heavy atom. The summed E-state index contributed by atoms with van der Waals surface area (Å²) >= 11 is 0. The minimum absolute atomic E-state index is 0.114. The summed E-state index contributed by atoms with van der Waals surface area (Å²) in [6.45, 7) is 3.50. The molecule has 0 fully saturated rings. The first kappa shape index (κ1) is 21.8. The molecule has 0 heterocycles. The van der Waals surface area contributed by atoms with Crippen molar-refractivity contribution in [2.24, 2.45) is 5.92 Å². The van der Waals surface area contributed by atoms with Crippen molar-refractivity contribution in [1.29, 1.82) is 0 Å². The summed E-state index contributed by atoms with van der Waals surface area (Å²) in [5.41, 5.74) is 0.792. The Bertz CT molecular complexity index is 918. The first-order chi connectivity index (χ1) is 13.1. The molecule has 2 aromatic carbocycles. The molecule has 5 nitrogen and oxygen atoms in total. The lowest BCUT2D eigenvalue weighted by molar-refractivity contribution is -0.120. The number of benzene rings is 2. The number of anilines is 1. The van der Waals surface area contributed by atoms with Crippen LogP contribution in [0, 0.1) is 17.6 Å². The lowest BCUT2D eigenvalue weighted by atomic mass is 9.97. The second-order valence-electron chi connectivity index (χ2n) is 7.03. The van der Waals surface area contributed by atoms with Gasteiger partial charge in [0.1, 0.15) is 6.54 Å². The van der Waals surface area contributed by atoms with Crippen LogP contribution in [0.25, 0.3) is 0 Å². The van der Waals surface area contributed by atoms with E-state index in [1.165, 1.54) is 0 Å². The molecular formula is C20H24F2N2O3S. The van der Waals surface area contributed by atoms with Gasteiger partial charge in [-0.2, -0.15) is 0 Å². The molecule has 0 radical (unpaired) electrons. The van der Waals surface area contributed by atoms with Gasteiger partial charge in [0.25, 0.3) is 0 Å². The molecule has 28 heavy (non-hydrogen) atoms. The van der Waals surface area contributed by atoms with Crippen molar-refractivity contribution in [2.75, 3.05) is 17.1 Å². The summed E-state index contributed by atoms with van der Waals surface area (Å²) in [5, 5.41) is 2.85. The van der Waals surface area contributed by atoms with E-state index in [2.05, 4.69) is 5.32 Å². The number of hydrogen-bond acceptors (Lipinski definition) is 3. The second-order valence-corrected chi connectivity index (χ2v) is 8.94. The van der Waals surface area contributed by atoms with Crippen LogP contribution in [0.4, 0.5) is 14.5 Å². The third-order valence-corrected chi connectivity index (χ3v) is 5.26. The Labute approximate surface area is 164 Å². The molecule has 1 N–H and O–H groups in total. The minimum atomic E-state index is -3.88. The molecule has 0 aliphatic rings. The maximum absolute atomic E-state index is 13.5. The van der Waals surface area contributed by atoms with Crippen molar-refractivity contribution in [3.05, 3.63) is 65.7 Å². The van der Waals surface area contributed by atoms with Crippen LogP contribution in [-0.2, 0) is 14.8 Å². The molecule has 0 aromatic heterocycles. The molecule has 2 rings (SSSR count). The van der Waals surface area contributed by atoms with E-state index in [1.54, 1.807) is 0 Å². The highest BCUT2D eigenvalue weighted by atomic mass is 32.2. The molecule has 0 unspecified atom stereocenters. The third-order valence-electron chi connectivity index (χ3n) is 4.12. The fraction of sp³-hybridized carbons (Fsp3) is 0.350. The predicted molar refractivity (Wildman–Crippen MR) is 105 cm³/mol. The van der Waals surface area contributed by atoms with E-state index in [0.29, 0.717) is 12.3 Å². The fourth-order valence-electron chi connectivity index (χ4n) is 2.85. The largest absolute Gasteiger partial charge is 0.348 e. The normalized spacial score (nSPS) is 12.6. The summed E-state index contributed by atoms with van der Waals surface area (Å²) in [6, 6.07) is 11.8. The molecule has 0 aliphatic heterocycles. The van der Waals surface area contributed by atoms with Gasteiger partial charge >= 0.3 is 0 Å². The maximum atomic E-state index is 13.5. The van der Waals surface area contributed by atoms with Gasteiger partial charge in [0.05, 0.1) is 18.0 Å². The molecule has 0 saturated carbocycles. The smallest absolute Gasteiger partial charge is 0.241 e. The third kappa shape index (κ3) is 6.02. The molecule has 0 aliphatic carbocycles. The van der Waals surface area contributed by atoms with Crippen molar-refractivity contribution in [3.63, 3.8) is 0 Å². The number of rotatable bonds is 8. The van der Waals surface area contributed by atoms with E-state index in [4.69, 9.17) is 0 Å². The highest BCUT2D eigenvalue weighted by Gasteiger charge is 2.24. The zero-order valence-electron chi connectivity index (χ0n) is 16.0. The van der Waals surface area contributed by atoms with Crippen molar-refractivity contribution in [1.82, 2.24) is 5.32 Å². The Kier molecular flexibility index (Phi) is 7.12. The molecular weight excluding hydrogens is 386 g/mol. The molecule has 0 saturated heterocycles. The van der Waals surface area contributed by atoms with Crippen LogP contribution >= 0.6 is 0 Å². The molecule has 1 atom stereocenters. The van der Waals surface area contributed by atoms with Crippen molar-refractivity contribution >= 4 is 21.6 Å². The Morgan fingerprint density at radius 3 is 2.25 bits per heavy atom. The number of amides is 1. The number of nitrogens with zero attached hydrogens (tertiary/aromatic N) is 1. The average Bonchev–Trinajstić information content (AvgIpc) is 2.61. The van der Waals surface area contributed by atoms with E-state index >= 15 is 0 Å². The van der Waals surface area contributed by atoms with Crippen molar-refractivity contribution in [2.45, 2.75) is 26.3 Å². The van der Waals surface area contributed by atoms with Gasteiger partial charge in [-0.25, -0.2) is 17.2 Å². The van der Waals surface area contributed by atoms with Crippen molar-refractivity contribution < 1.29 is 22.0 Å². The van der Waals surface area contributed by atoms with E-state index in [9.17, 15) is 22.0 Å². The predicted octanol–water partition coefficient (Wildman–Crippen LogP) is 3.63. The zero-order chi connectivity index (χ0) is 20.9. The Balaban J connectivity index is 2.23. The van der Waals surface area contributed by atoms with Crippen molar-refractivity contribution in [3.8, 4) is 0 Å². The van der Waals surface area contributed by atoms with Gasteiger partial charge in [-0.15, -0.1) is 0 Å². The first-order valence-electron chi connectivity index (χ1n) is 8.85. The Morgan fingerprint density at radius 1 is 1.07 bits per heavy atom. The topological polar surface area (TPSA) is 66.5 Å². The number of nitrogens with one attached hydrogen (secondary N) is 1. The van der Waals surface area contributed by atoms with Crippen LogP contribution in [-0.4, -0.2) is 27.1 Å². The van der Waals surface area contributed by atoms with Crippen LogP contribution in [0.15, 0.2) is 48.5 Å². The molecule has 2 aromatic rings. The molecule has 0 spiro atoms. The summed E-state index contributed by atoms with van der Waals surface area (Å²) < 4.78 is 51.7. The van der Waals surface area contributed by atoms with E-state index in [0.717, 1.165) is 34.3 Å². The van der Waals surface area contributed by atoms with E-state index in [1.807, 2.05) is 44.2 Å². The maximum Gasteiger partial charge on any atom is 0.241 e. The molecule has 0 bridgehead atoms. The highest BCUT2D eigenvalue weighted by molar-refractivity contribution is 7.92. The fourth-order valence-corrected chi connectivity index (χ4v) is 3.69. The lowest BCUT2D eigenvalue weighted by Crippen LogP contribution is -2.41. The summed E-state index contributed by atoms with van der Waals surface area (Å²) in [6.07, 6.45) is 1.57. The van der Waals surface area contributed by atoms with Gasteiger partial charge in [-0.3, -0.25) is 9.10 Å². The number of halogens is 2. The van der Waals surface area contributed by atoms with Crippen LogP contribution in [0.5, 0.6) is 0 Å². The summed E-state index contributed by atoms with van der Waals surface area (Å²) in [5.74, 6) is -2.52.